The lowest BCUT2D eigenvalue weighted by molar-refractivity contribution is -0.126. The van der Waals surface area contributed by atoms with Gasteiger partial charge in [0.25, 0.3) is 0 Å². The molecular formula is C19H19ClN4O. The summed E-state index contributed by atoms with van der Waals surface area (Å²) >= 11 is 6.33. The number of nitrogens with one attached hydrogen (secondary N) is 1. The number of H-pyrrole nitrogens is 1. The molecule has 1 atom stereocenters. The molecule has 0 spiro atoms. The molecule has 0 saturated carbocycles. The van der Waals surface area contributed by atoms with Crippen LogP contribution in [0.5, 0.6) is 0 Å². The van der Waals surface area contributed by atoms with Gasteiger partial charge >= 0.3 is 0 Å². The first-order valence-electron chi connectivity index (χ1n) is 7.89. The maximum Gasteiger partial charge on any atom is 0.246 e. The number of halogens is 1. The topological polar surface area (TPSA) is 75.0 Å². The molecule has 3 N–H and O–H groups in total. The molecule has 0 saturated heterocycles. The molecule has 1 aromatic carbocycles. The Morgan fingerprint density at radius 1 is 1.36 bits per heavy atom. The molecule has 2 aromatic heterocycles. The molecular weight excluding hydrogens is 336 g/mol. The summed E-state index contributed by atoms with van der Waals surface area (Å²) in [6, 6.07) is 9.10. The van der Waals surface area contributed by atoms with E-state index in [9.17, 15) is 4.79 Å². The van der Waals surface area contributed by atoms with Crippen molar-refractivity contribution in [3.05, 3.63) is 65.0 Å². The summed E-state index contributed by atoms with van der Waals surface area (Å²) < 4.78 is 0. The number of nitrogens with two attached hydrogens (primary N) is 1. The van der Waals surface area contributed by atoms with E-state index in [1.807, 2.05) is 37.4 Å². The van der Waals surface area contributed by atoms with Crippen molar-refractivity contribution in [2.75, 3.05) is 12.8 Å². The molecule has 3 rings (SSSR count). The number of carbonyl (C=O) groups is 1. The number of benzene rings is 1. The van der Waals surface area contributed by atoms with Crippen LogP contribution in [0.15, 0.2) is 48.8 Å². The number of nitrogen functional groups attached to an aromatic ring is 1. The van der Waals surface area contributed by atoms with Gasteiger partial charge in [0.1, 0.15) is 5.82 Å². The zero-order valence-corrected chi connectivity index (χ0v) is 14.8. The predicted molar refractivity (Wildman–Crippen MR) is 102 cm³/mol. The van der Waals surface area contributed by atoms with Gasteiger partial charge in [0.05, 0.1) is 11.1 Å². The predicted octanol–water partition coefficient (Wildman–Crippen LogP) is 4.03. The number of carbonyl (C=O) groups excluding carboxylic acids is 1. The molecule has 0 fully saturated rings. The highest BCUT2D eigenvalue weighted by Gasteiger charge is 2.19. The minimum atomic E-state index is -0.129. The van der Waals surface area contributed by atoms with Crippen LogP contribution in [0.4, 0.5) is 5.82 Å². The summed E-state index contributed by atoms with van der Waals surface area (Å²) in [6.45, 7) is 1.97. The SMILES string of the molecule is CC(c1c[nH]c2cccc(Cl)c12)N(C)C(=O)/C=C/c1ccc(N)nc1. The zero-order chi connectivity index (χ0) is 18.0. The van der Waals surface area contributed by atoms with Crippen LogP contribution >= 0.6 is 11.6 Å². The van der Waals surface area contributed by atoms with Crippen LogP contribution in [-0.2, 0) is 4.79 Å². The van der Waals surface area contributed by atoms with E-state index >= 15 is 0 Å². The minimum absolute atomic E-state index is 0.106. The Morgan fingerprint density at radius 2 is 2.16 bits per heavy atom. The Balaban J connectivity index is 1.80. The molecule has 128 valence electrons. The van der Waals surface area contributed by atoms with Crippen molar-refractivity contribution < 1.29 is 4.79 Å². The van der Waals surface area contributed by atoms with Crippen LogP contribution in [0.3, 0.4) is 0 Å². The largest absolute Gasteiger partial charge is 0.384 e. The van der Waals surface area contributed by atoms with Gasteiger partial charge in [-0.25, -0.2) is 4.98 Å². The molecule has 6 heteroatoms. The molecule has 1 amide bonds. The van der Waals surface area contributed by atoms with Gasteiger partial charge in [0.15, 0.2) is 0 Å². The van der Waals surface area contributed by atoms with Gasteiger partial charge in [-0.05, 0) is 42.8 Å². The van der Waals surface area contributed by atoms with Crippen molar-refractivity contribution in [2.24, 2.45) is 0 Å². The van der Waals surface area contributed by atoms with E-state index in [2.05, 4.69) is 9.97 Å². The van der Waals surface area contributed by atoms with Gasteiger partial charge in [-0.2, -0.15) is 0 Å². The third kappa shape index (κ3) is 3.51. The van der Waals surface area contributed by atoms with E-state index in [0.717, 1.165) is 22.0 Å². The zero-order valence-electron chi connectivity index (χ0n) is 14.0. The second-order valence-electron chi connectivity index (χ2n) is 5.88. The van der Waals surface area contributed by atoms with Gasteiger partial charge in [0.2, 0.25) is 5.91 Å². The van der Waals surface area contributed by atoms with Gasteiger partial charge < -0.3 is 15.6 Å². The van der Waals surface area contributed by atoms with Crippen LogP contribution in [0.2, 0.25) is 5.02 Å². The van der Waals surface area contributed by atoms with E-state index in [1.165, 1.54) is 6.08 Å². The fraction of sp³-hybridized carbons (Fsp3) is 0.158. The van der Waals surface area contributed by atoms with Crippen molar-refractivity contribution in [3.63, 3.8) is 0 Å². The van der Waals surface area contributed by atoms with E-state index in [4.69, 9.17) is 17.3 Å². The molecule has 0 aliphatic heterocycles. The second-order valence-corrected chi connectivity index (χ2v) is 6.29. The van der Waals surface area contributed by atoms with E-state index < -0.39 is 0 Å². The Kier molecular flexibility index (Phi) is 4.76. The summed E-state index contributed by atoms with van der Waals surface area (Å²) in [6.07, 6.45) is 6.78. The van der Waals surface area contributed by atoms with Gasteiger partial charge in [-0.1, -0.05) is 17.7 Å². The lowest BCUT2D eigenvalue weighted by atomic mass is 10.1. The van der Waals surface area contributed by atoms with E-state index in [-0.39, 0.29) is 11.9 Å². The summed E-state index contributed by atoms with van der Waals surface area (Å²) in [4.78, 5) is 21.4. The highest BCUT2D eigenvalue weighted by atomic mass is 35.5. The fourth-order valence-corrected chi connectivity index (χ4v) is 2.98. The summed E-state index contributed by atoms with van der Waals surface area (Å²) in [5.74, 6) is 0.344. The molecule has 5 nitrogen and oxygen atoms in total. The number of likely N-dealkylation sites (N-methyl/N-ethyl adjacent to an activating group) is 1. The van der Waals surface area contributed by atoms with E-state index in [0.29, 0.717) is 10.8 Å². The Bertz CT molecular complexity index is 930. The summed E-state index contributed by atoms with van der Waals surface area (Å²) in [5.41, 5.74) is 8.32. The Morgan fingerprint density at radius 3 is 2.88 bits per heavy atom. The third-order valence-corrected chi connectivity index (χ3v) is 4.61. The van der Waals surface area contributed by atoms with Gasteiger partial charge in [0, 0.05) is 42.0 Å². The van der Waals surface area contributed by atoms with Crippen molar-refractivity contribution in [2.45, 2.75) is 13.0 Å². The van der Waals surface area contributed by atoms with Crippen LogP contribution in [0.25, 0.3) is 17.0 Å². The molecule has 0 aliphatic rings. The van der Waals surface area contributed by atoms with Crippen LogP contribution in [0.1, 0.15) is 24.1 Å². The summed E-state index contributed by atoms with van der Waals surface area (Å²) in [5, 5.41) is 1.62. The lowest BCUT2D eigenvalue weighted by Gasteiger charge is -2.23. The van der Waals surface area contributed by atoms with Gasteiger partial charge in [-0.15, -0.1) is 0 Å². The average molecular weight is 355 g/mol. The standard InChI is InChI=1S/C19H19ClN4O/c1-12(14-11-22-16-5-3-4-15(20)19(14)16)24(2)18(25)9-7-13-6-8-17(21)23-10-13/h3-12,22H,1-2H3,(H2,21,23)/b9-7+. The lowest BCUT2D eigenvalue weighted by Crippen LogP contribution is -2.27. The number of aromatic amines is 1. The van der Waals surface area contributed by atoms with Crippen molar-refractivity contribution in [3.8, 4) is 0 Å². The van der Waals surface area contributed by atoms with Crippen LogP contribution < -0.4 is 5.73 Å². The number of pyridine rings is 1. The maximum absolute atomic E-state index is 12.5. The fourth-order valence-electron chi connectivity index (χ4n) is 2.69. The minimum Gasteiger partial charge on any atom is -0.384 e. The molecule has 2 heterocycles. The Hall–Kier alpha value is -2.79. The second kappa shape index (κ2) is 6.99. The van der Waals surface area contributed by atoms with Crippen LogP contribution in [-0.4, -0.2) is 27.8 Å². The smallest absolute Gasteiger partial charge is 0.246 e. The Labute approximate surface area is 151 Å². The number of anilines is 1. The van der Waals surface area contributed by atoms with Crippen LogP contribution in [0, 0.1) is 0 Å². The number of hydrogen-bond acceptors (Lipinski definition) is 3. The molecule has 1 unspecified atom stereocenters. The first-order valence-corrected chi connectivity index (χ1v) is 8.27. The summed E-state index contributed by atoms with van der Waals surface area (Å²) in [7, 11) is 1.77. The molecule has 3 aromatic rings. The number of rotatable bonds is 4. The third-order valence-electron chi connectivity index (χ3n) is 4.29. The molecule has 0 radical (unpaired) electrons. The molecule has 25 heavy (non-hydrogen) atoms. The molecule has 0 bridgehead atoms. The van der Waals surface area contributed by atoms with Gasteiger partial charge in [-0.3, -0.25) is 4.79 Å². The quantitative estimate of drug-likeness (QED) is 0.694. The maximum atomic E-state index is 12.5. The van der Waals surface area contributed by atoms with E-state index in [1.54, 1.807) is 30.3 Å². The van der Waals surface area contributed by atoms with Crippen molar-refractivity contribution in [1.29, 1.82) is 0 Å². The molecule has 0 aliphatic carbocycles. The number of aromatic nitrogens is 2. The number of hydrogen-bond donors (Lipinski definition) is 2. The van der Waals surface area contributed by atoms with Crippen molar-refractivity contribution >= 4 is 40.3 Å². The highest BCUT2D eigenvalue weighted by Crippen LogP contribution is 2.32. The monoisotopic (exact) mass is 354 g/mol. The number of nitrogens with zero attached hydrogens (tertiary/aromatic N) is 2. The number of fused-ring (bicyclic) bond motifs is 1. The first kappa shape index (κ1) is 17.0. The average Bonchev–Trinajstić information content (AvgIpc) is 3.05. The number of amides is 1. The normalized spacial score (nSPS) is 12.6. The first-order chi connectivity index (χ1) is 12.0. The highest BCUT2D eigenvalue weighted by molar-refractivity contribution is 6.35. The van der Waals surface area contributed by atoms with Crippen molar-refractivity contribution in [1.82, 2.24) is 14.9 Å².